The minimum atomic E-state index is -0.0114. The average Bonchev–Trinajstić information content (AvgIpc) is 3.73. The second-order valence-corrected chi connectivity index (χ2v) is 13.9. The average molecular weight is 646 g/mol. The zero-order chi connectivity index (χ0) is 32.3. The van der Waals surface area contributed by atoms with Gasteiger partial charge in [0.1, 0.15) is 11.9 Å². The Balaban J connectivity index is 1.20. The normalized spacial score (nSPS) is 15.1. The fourth-order valence-electron chi connectivity index (χ4n) is 7.77. The van der Waals surface area contributed by atoms with Crippen molar-refractivity contribution in [2.75, 3.05) is 4.90 Å². The molecule has 7 aromatic carbocycles. The monoisotopic (exact) mass is 645 g/mol. The van der Waals surface area contributed by atoms with E-state index in [1.165, 1.54) is 64.3 Å². The summed E-state index contributed by atoms with van der Waals surface area (Å²) < 4.78 is 9.13. The van der Waals surface area contributed by atoms with Gasteiger partial charge in [-0.3, -0.25) is 0 Å². The van der Waals surface area contributed by atoms with E-state index in [0.717, 1.165) is 29.2 Å². The fraction of sp³-hybridized carbons (Fsp3) is 0.0435. The highest BCUT2D eigenvalue weighted by Crippen LogP contribution is 2.48. The topological polar surface area (TPSA) is 12.5 Å². The van der Waals surface area contributed by atoms with Gasteiger partial charge in [0.25, 0.3) is 0 Å². The summed E-state index contributed by atoms with van der Waals surface area (Å²) in [5.41, 5.74) is 10.7. The summed E-state index contributed by atoms with van der Waals surface area (Å²) in [4.78, 5) is 2.44. The molecule has 1 aliphatic heterocycles. The summed E-state index contributed by atoms with van der Waals surface area (Å²) in [6.07, 6.45) is 5.41. The SMILES string of the molecule is C1=CC(N(c2cccc(-c3cccc4cccc(-c5ccccc5)c34)c2)c2ccc3c(c2)sc2ccccc23)=C2c3ccccc3OC2C1. The van der Waals surface area contributed by atoms with Crippen molar-refractivity contribution in [2.45, 2.75) is 12.5 Å². The quantitative estimate of drug-likeness (QED) is 0.185. The Kier molecular flexibility index (Phi) is 6.53. The number of hydrogen-bond acceptors (Lipinski definition) is 3. The van der Waals surface area contributed by atoms with E-state index in [1.54, 1.807) is 0 Å². The number of hydrogen-bond donors (Lipinski definition) is 0. The van der Waals surface area contributed by atoms with Crippen LogP contribution in [0.15, 0.2) is 176 Å². The van der Waals surface area contributed by atoms with Crippen LogP contribution in [0.5, 0.6) is 5.75 Å². The van der Waals surface area contributed by atoms with Gasteiger partial charge in [-0.25, -0.2) is 0 Å². The lowest BCUT2D eigenvalue weighted by Crippen LogP contribution is -2.23. The molecule has 0 N–H and O–H groups in total. The van der Waals surface area contributed by atoms with Gasteiger partial charge in [0.05, 0.1) is 5.70 Å². The summed E-state index contributed by atoms with van der Waals surface area (Å²) in [6, 6.07) is 57.2. The molecule has 1 aromatic heterocycles. The van der Waals surface area contributed by atoms with Crippen molar-refractivity contribution in [3.8, 4) is 28.0 Å². The highest BCUT2D eigenvalue weighted by atomic mass is 32.1. The molecular weight excluding hydrogens is 615 g/mol. The van der Waals surface area contributed by atoms with Crippen molar-refractivity contribution in [3.05, 3.63) is 181 Å². The Bertz CT molecular complexity index is 2620. The van der Waals surface area contributed by atoms with Crippen molar-refractivity contribution >= 4 is 59.2 Å². The molecule has 0 amide bonds. The van der Waals surface area contributed by atoms with Crippen LogP contribution in [0.3, 0.4) is 0 Å². The number of benzene rings is 7. The molecule has 2 aliphatic rings. The molecule has 0 fully saturated rings. The smallest absolute Gasteiger partial charge is 0.130 e. The van der Waals surface area contributed by atoms with Crippen LogP contribution in [0, 0.1) is 0 Å². The Morgan fingerprint density at radius 3 is 2.14 bits per heavy atom. The molecule has 1 unspecified atom stereocenters. The summed E-state index contributed by atoms with van der Waals surface area (Å²) in [6.45, 7) is 0. The fourth-order valence-corrected chi connectivity index (χ4v) is 8.91. The summed E-state index contributed by atoms with van der Waals surface area (Å²) in [5.74, 6) is 0.960. The second kappa shape index (κ2) is 11.4. The summed E-state index contributed by atoms with van der Waals surface area (Å²) in [7, 11) is 0. The number of ether oxygens (including phenoxy) is 1. The van der Waals surface area contributed by atoms with Gasteiger partial charge < -0.3 is 9.64 Å². The maximum Gasteiger partial charge on any atom is 0.130 e. The first-order valence-corrected chi connectivity index (χ1v) is 17.7. The van der Waals surface area contributed by atoms with Crippen LogP contribution in [0.4, 0.5) is 11.4 Å². The van der Waals surface area contributed by atoms with Gasteiger partial charge in [-0.1, -0.05) is 127 Å². The number of thiophene rings is 1. The highest BCUT2D eigenvalue weighted by molar-refractivity contribution is 7.25. The maximum absolute atomic E-state index is 6.54. The molecule has 0 bridgehead atoms. The Morgan fingerprint density at radius 1 is 0.551 bits per heavy atom. The minimum absolute atomic E-state index is 0.0114. The molecular formula is C46H31NOS. The lowest BCUT2D eigenvalue weighted by atomic mass is 9.91. The van der Waals surface area contributed by atoms with Gasteiger partial charge in [-0.05, 0) is 75.5 Å². The molecule has 2 nitrogen and oxygen atoms in total. The number of nitrogens with zero attached hydrogens (tertiary/aromatic N) is 1. The van der Waals surface area contributed by atoms with E-state index < -0.39 is 0 Å². The van der Waals surface area contributed by atoms with E-state index in [1.807, 2.05) is 11.3 Å². The molecule has 232 valence electrons. The van der Waals surface area contributed by atoms with Gasteiger partial charge in [0.2, 0.25) is 0 Å². The van der Waals surface area contributed by atoms with E-state index in [9.17, 15) is 0 Å². The van der Waals surface area contributed by atoms with Gasteiger partial charge in [-0.15, -0.1) is 11.3 Å². The number of allylic oxidation sites excluding steroid dienone is 1. The molecule has 2 heterocycles. The van der Waals surface area contributed by atoms with Crippen LogP contribution in [0.2, 0.25) is 0 Å². The molecule has 8 aromatic rings. The predicted octanol–water partition coefficient (Wildman–Crippen LogP) is 12.8. The first kappa shape index (κ1) is 28.1. The first-order chi connectivity index (χ1) is 24.3. The zero-order valence-electron chi connectivity index (χ0n) is 26.7. The van der Waals surface area contributed by atoms with E-state index in [0.29, 0.717) is 0 Å². The molecule has 1 atom stereocenters. The molecule has 3 heteroatoms. The standard InChI is InChI=1S/C46H31NOS/c1-2-12-30(13-3-1)35-20-9-14-31-15-10-21-36(45(31)35)32-16-8-17-33(28-32)47(34-26-27-38-37-18-5-7-25-43(37)49-44(38)29-34)40-22-11-24-42-46(40)39-19-4-6-23-41(39)48-42/h1-23,25-29,42H,24H2. The molecule has 0 saturated heterocycles. The van der Waals surface area contributed by atoms with E-state index in [-0.39, 0.29) is 6.10 Å². The van der Waals surface area contributed by atoms with Crippen LogP contribution < -0.4 is 9.64 Å². The van der Waals surface area contributed by atoms with Gasteiger partial charge >= 0.3 is 0 Å². The highest BCUT2D eigenvalue weighted by Gasteiger charge is 2.34. The summed E-state index contributed by atoms with van der Waals surface area (Å²) in [5, 5.41) is 5.11. The van der Waals surface area contributed by atoms with Crippen LogP contribution in [-0.4, -0.2) is 6.10 Å². The number of rotatable bonds is 5. The summed E-state index contributed by atoms with van der Waals surface area (Å²) >= 11 is 1.86. The molecule has 49 heavy (non-hydrogen) atoms. The maximum atomic E-state index is 6.54. The van der Waals surface area contributed by atoms with Crippen LogP contribution in [-0.2, 0) is 0 Å². The first-order valence-electron chi connectivity index (χ1n) is 16.9. The van der Waals surface area contributed by atoms with Gasteiger partial charge in [0.15, 0.2) is 0 Å². The van der Waals surface area contributed by atoms with Gasteiger partial charge in [-0.2, -0.15) is 0 Å². The molecule has 0 saturated carbocycles. The van der Waals surface area contributed by atoms with E-state index in [2.05, 4.69) is 175 Å². The van der Waals surface area contributed by atoms with E-state index >= 15 is 0 Å². The lowest BCUT2D eigenvalue weighted by molar-refractivity contribution is 0.278. The Labute approximate surface area is 289 Å². The Morgan fingerprint density at radius 2 is 1.24 bits per heavy atom. The van der Waals surface area contributed by atoms with Crippen LogP contribution in [0.25, 0.3) is 58.8 Å². The van der Waals surface area contributed by atoms with Crippen molar-refractivity contribution < 1.29 is 4.74 Å². The second-order valence-electron chi connectivity index (χ2n) is 12.8. The van der Waals surface area contributed by atoms with E-state index in [4.69, 9.17) is 4.74 Å². The van der Waals surface area contributed by atoms with Crippen molar-refractivity contribution in [1.82, 2.24) is 0 Å². The largest absolute Gasteiger partial charge is 0.485 e. The molecule has 0 spiro atoms. The minimum Gasteiger partial charge on any atom is -0.485 e. The van der Waals surface area contributed by atoms with Crippen molar-refractivity contribution in [1.29, 1.82) is 0 Å². The van der Waals surface area contributed by atoms with Gasteiger partial charge in [0, 0.05) is 49.1 Å². The molecule has 10 rings (SSSR count). The number of para-hydroxylation sites is 1. The third-order valence-corrected chi connectivity index (χ3v) is 11.1. The van der Waals surface area contributed by atoms with Crippen molar-refractivity contribution in [2.24, 2.45) is 0 Å². The number of fused-ring (bicyclic) bond motifs is 7. The van der Waals surface area contributed by atoms with Crippen molar-refractivity contribution in [3.63, 3.8) is 0 Å². The molecule has 1 aliphatic carbocycles. The third kappa shape index (κ3) is 4.62. The molecule has 0 radical (unpaired) electrons. The van der Waals surface area contributed by atoms with Crippen LogP contribution in [0.1, 0.15) is 12.0 Å². The lowest BCUT2D eigenvalue weighted by Gasteiger charge is -2.31. The zero-order valence-corrected chi connectivity index (χ0v) is 27.5. The predicted molar refractivity (Wildman–Crippen MR) is 208 cm³/mol. The van der Waals surface area contributed by atoms with Crippen LogP contribution >= 0.6 is 11.3 Å². The Hall–Kier alpha value is -5.90. The number of anilines is 2. The third-order valence-electron chi connectivity index (χ3n) is 9.94.